The monoisotopic (exact) mass is 214 g/mol. The largest absolute Gasteiger partial charge is 0.0683 e. The molecular formula is C15H34. The van der Waals surface area contributed by atoms with Gasteiger partial charge in [-0.1, -0.05) is 92.4 Å². The Morgan fingerprint density at radius 2 is 1.20 bits per heavy atom. The molecule has 15 heavy (non-hydrogen) atoms. The van der Waals surface area contributed by atoms with E-state index >= 15 is 0 Å². The van der Waals surface area contributed by atoms with E-state index in [1.165, 1.54) is 57.8 Å². The third-order valence-corrected chi connectivity index (χ3v) is 2.92. The number of rotatable bonds is 3. The number of hydrogen-bond acceptors (Lipinski definition) is 0. The van der Waals surface area contributed by atoms with Crippen molar-refractivity contribution in [3.63, 3.8) is 0 Å². The quantitative estimate of drug-likeness (QED) is 0.524. The van der Waals surface area contributed by atoms with Crippen molar-refractivity contribution >= 4 is 0 Å². The maximum atomic E-state index is 2.30. The van der Waals surface area contributed by atoms with Gasteiger partial charge in [-0.2, -0.15) is 0 Å². The highest BCUT2D eigenvalue weighted by molar-refractivity contribution is 4.64. The Morgan fingerprint density at radius 1 is 0.733 bits per heavy atom. The molecule has 0 radical (unpaired) electrons. The van der Waals surface area contributed by atoms with Crippen molar-refractivity contribution in [2.45, 2.75) is 92.4 Å². The Hall–Kier alpha value is 0. The summed E-state index contributed by atoms with van der Waals surface area (Å²) in [4.78, 5) is 0. The van der Waals surface area contributed by atoms with Crippen molar-refractivity contribution in [3.05, 3.63) is 0 Å². The van der Waals surface area contributed by atoms with Gasteiger partial charge in [-0.25, -0.2) is 0 Å². The van der Waals surface area contributed by atoms with Gasteiger partial charge in [-0.15, -0.1) is 0 Å². The minimum atomic E-state index is 1.10. The molecular weight excluding hydrogens is 180 g/mol. The smallest absolute Gasteiger partial charge is 0.0414 e. The predicted octanol–water partition coefficient (Wildman–Crippen LogP) is 6.20. The lowest BCUT2D eigenvalue weighted by Gasteiger charge is -2.20. The highest BCUT2D eigenvalue weighted by atomic mass is 14.2. The van der Waals surface area contributed by atoms with Crippen LogP contribution in [-0.2, 0) is 0 Å². The minimum Gasteiger partial charge on any atom is -0.0683 e. The predicted molar refractivity (Wildman–Crippen MR) is 73.4 cm³/mol. The van der Waals surface area contributed by atoms with E-state index < -0.39 is 0 Å². The summed E-state index contributed by atoms with van der Waals surface area (Å²) in [7, 11) is 0. The van der Waals surface area contributed by atoms with E-state index in [-0.39, 0.29) is 0 Å². The lowest BCUT2D eigenvalue weighted by Crippen LogP contribution is -2.04. The third kappa shape index (κ3) is 14.0. The molecule has 1 aliphatic carbocycles. The van der Waals surface area contributed by atoms with Crippen LogP contribution in [-0.4, -0.2) is 0 Å². The molecule has 0 heteroatoms. The average Bonchev–Trinajstić information content (AvgIpc) is 2.34. The van der Waals surface area contributed by atoms with Gasteiger partial charge in [0.05, 0.1) is 0 Å². The van der Waals surface area contributed by atoms with Gasteiger partial charge in [-0.3, -0.25) is 0 Å². The molecule has 0 heterocycles. The molecule has 0 spiro atoms. The summed E-state index contributed by atoms with van der Waals surface area (Å²) in [6.45, 7) is 10.7. The second-order valence-corrected chi connectivity index (χ2v) is 4.29. The molecule has 0 nitrogen and oxygen atoms in total. The second-order valence-electron chi connectivity index (χ2n) is 4.29. The SMILES string of the molecule is CC.CCCC.CCCC1CCCCC1. The van der Waals surface area contributed by atoms with Crippen LogP contribution in [0.1, 0.15) is 92.4 Å². The topological polar surface area (TPSA) is 0 Å². The van der Waals surface area contributed by atoms with Crippen molar-refractivity contribution in [2.24, 2.45) is 5.92 Å². The highest BCUT2D eigenvalue weighted by Crippen LogP contribution is 2.26. The standard InChI is InChI=1S/C9H18.C4H10.C2H6/c1-2-6-9-7-4-3-5-8-9;1-3-4-2;1-2/h9H,2-8H2,1H3;3-4H2,1-2H3;1-2H3. The first-order chi connectivity index (χ1) is 7.35. The van der Waals surface area contributed by atoms with Crippen LogP contribution in [0, 0.1) is 5.92 Å². The summed E-state index contributed by atoms with van der Waals surface area (Å²) in [5, 5.41) is 0. The Labute approximate surface area is 98.9 Å². The first-order valence-electron chi connectivity index (χ1n) is 7.35. The van der Waals surface area contributed by atoms with Crippen LogP contribution in [0.2, 0.25) is 0 Å². The van der Waals surface area contributed by atoms with E-state index in [1.54, 1.807) is 0 Å². The summed E-state index contributed by atoms with van der Waals surface area (Å²) in [5.74, 6) is 1.10. The fourth-order valence-corrected chi connectivity index (χ4v) is 1.88. The summed E-state index contributed by atoms with van der Waals surface area (Å²) in [6, 6.07) is 0. The van der Waals surface area contributed by atoms with Crippen molar-refractivity contribution in [1.29, 1.82) is 0 Å². The minimum absolute atomic E-state index is 1.10. The van der Waals surface area contributed by atoms with Crippen molar-refractivity contribution in [3.8, 4) is 0 Å². The zero-order chi connectivity index (χ0) is 11.9. The normalized spacial score (nSPS) is 15.8. The average molecular weight is 214 g/mol. The lowest BCUT2D eigenvalue weighted by molar-refractivity contribution is 0.336. The fraction of sp³-hybridized carbons (Fsp3) is 1.00. The summed E-state index contributed by atoms with van der Waals surface area (Å²) in [6.07, 6.45) is 13.1. The van der Waals surface area contributed by atoms with Crippen LogP contribution in [0.4, 0.5) is 0 Å². The number of unbranched alkanes of at least 4 members (excludes halogenated alkanes) is 1. The molecule has 0 N–H and O–H groups in total. The Balaban J connectivity index is 0. The third-order valence-electron chi connectivity index (χ3n) is 2.92. The van der Waals surface area contributed by atoms with Crippen LogP contribution in [0.3, 0.4) is 0 Å². The van der Waals surface area contributed by atoms with Crippen LogP contribution in [0.25, 0.3) is 0 Å². The van der Waals surface area contributed by atoms with Crippen molar-refractivity contribution in [2.75, 3.05) is 0 Å². The molecule has 0 aliphatic heterocycles. The van der Waals surface area contributed by atoms with E-state index in [0.717, 1.165) is 5.92 Å². The zero-order valence-electron chi connectivity index (χ0n) is 11.9. The molecule has 1 rings (SSSR count). The van der Waals surface area contributed by atoms with Gasteiger partial charge in [-0.05, 0) is 5.92 Å². The van der Waals surface area contributed by atoms with Crippen LogP contribution >= 0.6 is 0 Å². The fourth-order valence-electron chi connectivity index (χ4n) is 1.88. The van der Waals surface area contributed by atoms with Crippen molar-refractivity contribution in [1.82, 2.24) is 0 Å². The number of hydrogen-bond donors (Lipinski definition) is 0. The first-order valence-corrected chi connectivity index (χ1v) is 7.35. The Bertz CT molecular complexity index is 75.3. The van der Waals surface area contributed by atoms with E-state index in [4.69, 9.17) is 0 Å². The Kier molecular flexibility index (Phi) is 19.1. The van der Waals surface area contributed by atoms with Gasteiger partial charge in [0.25, 0.3) is 0 Å². The van der Waals surface area contributed by atoms with Gasteiger partial charge >= 0.3 is 0 Å². The summed E-state index contributed by atoms with van der Waals surface area (Å²) in [5.41, 5.74) is 0. The van der Waals surface area contributed by atoms with Crippen LogP contribution < -0.4 is 0 Å². The molecule has 1 aliphatic rings. The summed E-state index contributed by atoms with van der Waals surface area (Å²) >= 11 is 0. The molecule has 0 saturated heterocycles. The van der Waals surface area contributed by atoms with Gasteiger partial charge in [0.1, 0.15) is 0 Å². The molecule has 0 aromatic heterocycles. The molecule has 0 bridgehead atoms. The first kappa shape index (κ1) is 17.4. The summed E-state index contributed by atoms with van der Waals surface area (Å²) < 4.78 is 0. The van der Waals surface area contributed by atoms with Gasteiger partial charge < -0.3 is 0 Å². The van der Waals surface area contributed by atoms with Crippen molar-refractivity contribution < 1.29 is 0 Å². The van der Waals surface area contributed by atoms with Gasteiger partial charge in [0.15, 0.2) is 0 Å². The molecule has 0 atom stereocenters. The maximum absolute atomic E-state index is 2.30. The molecule has 0 amide bonds. The van der Waals surface area contributed by atoms with E-state index in [2.05, 4.69) is 20.8 Å². The van der Waals surface area contributed by atoms with E-state index in [9.17, 15) is 0 Å². The van der Waals surface area contributed by atoms with Gasteiger partial charge in [0.2, 0.25) is 0 Å². The lowest BCUT2D eigenvalue weighted by atomic mass is 9.86. The van der Waals surface area contributed by atoms with E-state index in [0.29, 0.717) is 0 Å². The van der Waals surface area contributed by atoms with Gasteiger partial charge in [0, 0.05) is 0 Å². The Morgan fingerprint density at radius 3 is 1.53 bits per heavy atom. The molecule has 94 valence electrons. The molecule has 1 fully saturated rings. The second kappa shape index (κ2) is 16.4. The highest BCUT2D eigenvalue weighted by Gasteiger charge is 2.10. The zero-order valence-corrected chi connectivity index (χ0v) is 11.9. The molecule has 0 unspecified atom stereocenters. The molecule has 0 aromatic carbocycles. The van der Waals surface area contributed by atoms with E-state index in [1.807, 2.05) is 13.8 Å². The maximum Gasteiger partial charge on any atom is -0.0414 e. The molecule has 1 saturated carbocycles. The molecule has 0 aromatic rings. The van der Waals surface area contributed by atoms with Crippen LogP contribution in [0.5, 0.6) is 0 Å². The van der Waals surface area contributed by atoms with Crippen LogP contribution in [0.15, 0.2) is 0 Å².